The minimum Gasteiger partial charge on any atom is -0.339 e. The van der Waals surface area contributed by atoms with E-state index in [1.165, 1.54) is 6.07 Å². The number of benzene rings is 2. The Labute approximate surface area is 212 Å². The molecule has 0 radical (unpaired) electrons. The quantitative estimate of drug-likeness (QED) is 0.408. The monoisotopic (exact) mass is 505 g/mol. The molecule has 7 nitrogen and oxygen atoms in total. The van der Waals surface area contributed by atoms with Gasteiger partial charge < -0.3 is 9.80 Å². The minimum absolute atomic E-state index is 0.0168. The van der Waals surface area contributed by atoms with E-state index in [0.717, 1.165) is 18.2 Å². The molecule has 0 N–H and O–H groups in total. The van der Waals surface area contributed by atoms with Crippen molar-refractivity contribution in [1.82, 2.24) is 24.3 Å². The van der Waals surface area contributed by atoms with E-state index in [2.05, 4.69) is 29.0 Å². The Morgan fingerprint density at radius 3 is 2.42 bits per heavy atom. The molecule has 1 fully saturated rings. The zero-order chi connectivity index (χ0) is 25.4. The van der Waals surface area contributed by atoms with Gasteiger partial charge in [0.2, 0.25) is 5.95 Å². The molecule has 9 heteroatoms. The van der Waals surface area contributed by atoms with Gasteiger partial charge in [0.15, 0.2) is 0 Å². The first-order chi connectivity index (χ1) is 17.3. The summed E-state index contributed by atoms with van der Waals surface area (Å²) in [7, 11) is 2.90. The summed E-state index contributed by atoms with van der Waals surface area (Å²) >= 11 is 0. The van der Waals surface area contributed by atoms with Crippen LogP contribution in [0.5, 0.6) is 0 Å². The van der Waals surface area contributed by atoms with E-state index >= 15 is 0 Å². The highest BCUT2D eigenvalue weighted by Crippen LogP contribution is 2.29. The van der Waals surface area contributed by atoms with E-state index in [1.807, 2.05) is 17.0 Å². The molecule has 1 saturated heterocycles. The van der Waals surface area contributed by atoms with Crippen molar-refractivity contribution in [2.24, 2.45) is 0 Å². The fourth-order valence-corrected chi connectivity index (χ4v) is 5.51. The summed E-state index contributed by atoms with van der Waals surface area (Å²) in [6.07, 6.45) is 8.39. The van der Waals surface area contributed by atoms with Crippen molar-refractivity contribution in [3.05, 3.63) is 72.4 Å². The largest absolute Gasteiger partial charge is 0.339 e. The van der Waals surface area contributed by atoms with Crippen LogP contribution in [0.4, 0.5) is 4.39 Å². The fraction of sp³-hybridized carbons (Fsp3) is 0.296. The summed E-state index contributed by atoms with van der Waals surface area (Å²) in [6.45, 7) is 1.43. The molecule has 0 aliphatic carbocycles. The molecule has 0 spiro atoms. The molecule has 186 valence electrons. The Bertz CT molecular complexity index is 1440. The number of carbonyl (C=O) groups excluding carboxylic acids is 1. The van der Waals surface area contributed by atoms with E-state index < -0.39 is 10.8 Å². The van der Waals surface area contributed by atoms with Crippen LogP contribution in [0.3, 0.4) is 0 Å². The lowest BCUT2D eigenvalue weighted by molar-refractivity contribution is 0.0663. The van der Waals surface area contributed by atoms with Crippen molar-refractivity contribution in [3.63, 3.8) is 0 Å². The minimum atomic E-state index is -1.25. The summed E-state index contributed by atoms with van der Waals surface area (Å²) in [5.41, 5.74) is 2.25. The fourth-order valence-electron chi connectivity index (χ4n) is 4.77. The standard InChI is InChI=1S/C27H28FN5O2S/c1-31(2)20-10-12-32(13-11-20)26(34)18-8-9-22-24(14-18)33(17-25(22)36(3)35)27-29-15-19(16-30-27)21-6-4-5-7-23(21)28/h4-9,14-17,20H,10-13H2,1-3H3. The smallest absolute Gasteiger partial charge is 0.253 e. The van der Waals surface area contributed by atoms with Crippen molar-refractivity contribution in [3.8, 4) is 17.1 Å². The Balaban J connectivity index is 1.50. The zero-order valence-electron chi connectivity index (χ0n) is 20.5. The average Bonchev–Trinajstić information content (AvgIpc) is 3.28. The van der Waals surface area contributed by atoms with Gasteiger partial charge >= 0.3 is 0 Å². The van der Waals surface area contributed by atoms with Crippen molar-refractivity contribution >= 4 is 27.6 Å². The first kappa shape index (κ1) is 24.3. The second-order valence-electron chi connectivity index (χ2n) is 9.29. The molecular formula is C27H28FN5O2S. The van der Waals surface area contributed by atoms with Gasteiger partial charge in [-0.15, -0.1) is 0 Å². The Morgan fingerprint density at radius 2 is 1.78 bits per heavy atom. The summed E-state index contributed by atoms with van der Waals surface area (Å²) < 4.78 is 28.4. The van der Waals surface area contributed by atoms with Crippen LogP contribution in [-0.2, 0) is 10.8 Å². The summed E-state index contributed by atoms with van der Waals surface area (Å²) in [5.74, 6) is -0.00766. The highest BCUT2D eigenvalue weighted by molar-refractivity contribution is 7.84. The van der Waals surface area contributed by atoms with Crippen molar-refractivity contribution < 1.29 is 13.4 Å². The number of piperidine rings is 1. The van der Waals surface area contributed by atoms with Gasteiger partial charge in [0.1, 0.15) is 5.82 Å². The van der Waals surface area contributed by atoms with Gasteiger partial charge in [-0.3, -0.25) is 13.6 Å². The highest BCUT2D eigenvalue weighted by Gasteiger charge is 2.25. The normalized spacial score (nSPS) is 15.5. The number of halogens is 1. The maximum Gasteiger partial charge on any atom is 0.253 e. The van der Waals surface area contributed by atoms with Gasteiger partial charge in [-0.1, -0.05) is 24.3 Å². The lowest BCUT2D eigenvalue weighted by Gasteiger charge is -2.35. The van der Waals surface area contributed by atoms with Crippen LogP contribution in [0, 0.1) is 5.82 Å². The molecule has 2 aromatic carbocycles. The summed E-state index contributed by atoms with van der Waals surface area (Å²) in [5, 5.41) is 0.778. The second kappa shape index (κ2) is 9.91. The zero-order valence-corrected chi connectivity index (χ0v) is 21.3. The van der Waals surface area contributed by atoms with Crippen molar-refractivity contribution in [2.45, 2.75) is 23.8 Å². The van der Waals surface area contributed by atoms with Crippen molar-refractivity contribution in [1.29, 1.82) is 0 Å². The van der Waals surface area contributed by atoms with Gasteiger partial charge in [-0.2, -0.15) is 0 Å². The van der Waals surface area contributed by atoms with E-state index in [9.17, 15) is 13.4 Å². The number of rotatable bonds is 5. The number of aromatic nitrogens is 3. The topological polar surface area (TPSA) is 71.3 Å². The molecule has 5 rings (SSSR count). The van der Waals surface area contributed by atoms with Crippen LogP contribution in [0.25, 0.3) is 28.0 Å². The first-order valence-electron chi connectivity index (χ1n) is 11.8. The highest BCUT2D eigenvalue weighted by atomic mass is 32.2. The number of hydrogen-bond donors (Lipinski definition) is 0. The molecule has 2 aromatic heterocycles. The van der Waals surface area contributed by atoms with Gasteiger partial charge in [-0.05, 0) is 45.1 Å². The second-order valence-corrected chi connectivity index (χ2v) is 10.6. The molecule has 1 aliphatic rings. The summed E-state index contributed by atoms with van der Waals surface area (Å²) in [4.78, 5) is 27.0. The Kier molecular flexibility index (Phi) is 6.68. The van der Waals surface area contributed by atoms with Crippen LogP contribution >= 0.6 is 0 Å². The SMILES string of the molecule is CN(C)C1CCN(C(=O)c2ccc3c(S(C)=O)cn(-c4ncc(-c5ccccc5F)cn4)c3c2)CC1. The third-order valence-electron chi connectivity index (χ3n) is 6.85. The third-order valence-corrected chi connectivity index (χ3v) is 7.79. The van der Waals surface area contributed by atoms with Crippen LogP contribution < -0.4 is 0 Å². The lowest BCUT2D eigenvalue weighted by Crippen LogP contribution is -2.44. The molecule has 4 aromatic rings. The van der Waals surface area contributed by atoms with Gasteiger partial charge in [0.25, 0.3) is 5.91 Å². The Hall–Kier alpha value is -3.43. The molecule has 1 amide bonds. The summed E-state index contributed by atoms with van der Waals surface area (Å²) in [6, 6.07) is 12.4. The number of amides is 1. The average molecular weight is 506 g/mol. The van der Waals surface area contributed by atoms with Gasteiger partial charge in [0.05, 0.1) is 21.2 Å². The molecule has 3 heterocycles. The van der Waals surface area contributed by atoms with Crippen LogP contribution in [0.2, 0.25) is 0 Å². The first-order valence-corrected chi connectivity index (χ1v) is 13.4. The van der Waals surface area contributed by atoms with E-state index in [0.29, 0.717) is 52.2 Å². The third kappa shape index (κ3) is 4.56. The molecule has 0 saturated carbocycles. The molecule has 1 unspecified atom stereocenters. The number of nitrogens with zero attached hydrogens (tertiary/aromatic N) is 5. The molecule has 1 atom stereocenters. The Morgan fingerprint density at radius 1 is 1.08 bits per heavy atom. The maximum absolute atomic E-state index is 14.2. The predicted octanol–water partition coefficient (Wildman–Crippen LogP) is 4.13. The molecule has 36 heavy (non-hydrogen) atoms. The number of likely N-dealkylation sites (tertiary alicyclic amines) is 1. The number of carbonyl (C=O) groups is 1. The molecule has 1 aliphatic heterocycles. The predicted molar refractivity (Wildman–Crippen MR) is 139 cm³/mol. The number of fused-ring (bicyclic) bond motifs is 1. The lowest BCUT2D eigenvalue weighted by atomic mass is 10.0. The van der Waals surface area contributed by atoms with E-state index in [4.69, 9.17) is 0 Å². The van der Waals surface area contributed by atoms with Crippen LogP contribution in [0.1, 0.15) is 23.2 Å². The van der Waals surface area contributed by atoms with Crippen LogP contribution in [-0.4, -0.2) is 73.9 Å². The number of hydrogen-bond acceptors (Lipinski definition) is 5. The van der Waals surface area contributed by atoms with Crippen LogP contribution in [0.15, 0.2) is 66.0 Å². The van der Waals surface area contributed by atoms with E-state index in [-0.39, 0.29) is 11.7 Å². The van der Waals surface area contributed by atoms with Gasteiger partial charge in [0, 0.05) is 66.1 Å². The van der Waals surface area contributed by atoms with Crippen molar-refractivity contribution in [2.75, 3.05) is 33.4 Å². The molecule has 0 bridgehead atoms. The maximum atomic E-state index is 14.2. The van der Waals surface area contributed by atoms with Gasteiger partial charge in [-0.25, -0.2) is 14.4 Å². The van der Waals surface area contributed by atoms with E-state index in [1.54, 1.807) is 53.7 Å². The molecular weight excluding hydrogens is 477 g/mol.